The fraction of sp³-hybridized carbons (Fsp3) is 0.375. The number of hydrogen-bond acceptors (Lipinski definition) is 1. The fourth-order valence-corrected chi connectivity index (χ4v) is 0.802. The van der Waals surface area contributed by atoms with Crippen LogP contribution in [0.3, 0.4) is 0 Å². The van der Waals surface area contributed by atoms with E-state index >= 15 is 0 Å². The zero-order valence-corrected chi connectivity index (χ0v) is 5.67. The lowest BCUT2D eigenvalue weighted by Crippen LogP contribution is -1.84. The third-order valence-electron chi connectivity index (χ3n) is 1.23. The van der Waals surface area contributed by atoms with Gasteiger partial charge in [-0.2, -0.15) is 0 Å². The second-order valence-electron chi connectivity index (χ2n) is 2.07. The molecule has 1 heterocycles. The molecule has 0 spiro atoms. The van der Waals surface area contributed by atoms with Crippen LogP contribution in [0.5, 0.6) is 0 Å². The van der Waals surface area contributed by atoms with Gasteiger partial charge in [-0.25, -0.2) is 0 Å². The monoisotopic (exact) mass is 135 g/mol. The van der Waals surface area contributed by atoms with E-state index in [0.717, 1.165) is 6.42 Å². The average Bonchev–Trinajstić information content (AvgIpc) is 1.91. The van der Waals surface area contributed by atoms with E-state index < -0.39 is 0 Å². The van der Waals surface area contributed by atoms with Crippen molar-refractivity contribution in [3.63, 3.8) is 0 Å². The molecule has 0 aliphatic rings. The molecule has 0 saturated heterocycles. The van der Waals surface area contributed by atoms with Gasteiger partial charge in [-0.3, -0.25) is 4.98 Å². The van der Waals surface area contributed by atoms with Crippen LogP contribution in [-0.2, 0) is 6.42 Å². The molecule has 1 aromatic heterocycles. The van der Waals surface area contributed by atoms with Crippen LogP contribution in [0.15, 0.2) is 24.4 Å². The average molecular weight is 135 g/mol. The SMILES string of the molecule is B.CCCc1ccccn1. The normalized spacial score (nSPS) is 8.50. The highest BCUT2D eigenvalue weighted by molar-refractivity contribution is 5.75. The summed E-state index contributed by atoms with van der Waals surface area (Å²) in [7, 11) is 0. The van der Waals surface area contributed by atoms with Crippen LogP contribution in [0.2, 0.25) is 0 Å². The van der Waals surface area contributed by atoms with E-state index in [2.05, 4.69) is 18.0 Å². The van der Waals surface area contributed by atoms with Crippen molar-refractivity contribution in [2.24, 2.45) is 0 Å². The molecule has 10 heavy (non-hydrogen) atoms. The summed E-state index contributed by atoms with van der Waals surface area (Å²) in [6, 6.07) is 6.03. The Bertz CT molecular complexity index is 162. The number of aromatic nitrogens is 1. The van der Waals surface area contributed by atoms with E-state index in [0.29, 0.717) is 0 Å². The number of rotatable bonds is 2. The third-order valence-corrected chi connectivity index (χ3v) is 1.23. The van der Waals surface area contributed by atoms with Crippen LogP contribution in [0.1, 0.15) is 19.0 Å². The Labute approximate surface area is 64.1 Å². The molecule has 0 N–H and O–H groups in total. The molecule has 0 saturated carbocycles. The molecule has 0 bridgehead atoms. The van der Waals surface area contributed by atoms with E-state index in [1.165, 1.54) is 12.1 Å². The van der Waals surface area contributed by atoms with Gasteiger partial charge in [0.15, 0.2) is 0 Å². The zero-order chi connectivity index (χ0) is 6.53. The van der Waals surface area contributed by atoms with Crippen LogP contribution in [0.25, 0.3) is 0 Å². The number of nitrogens with zero attached hydrogens (tertiary/aromatic N) is 1. The van der Waals surface area contributed by atoms with Gasteiger partial charge in [0, 0.05) is 11.9 Å². The van der Waals surface area contributed by atoms with Crippen molar-refractivity contribution in [1.29, 1.82) is 0 Å². The molecular weight excluding hydrogens is 121 g/mol. The number of pyridine rings is 1. The van der Waals surface area contributed by atoms with E-state index in [4.69, 9.17) is 0 Å². The molecule has 0 radical (unpaired) electrons. The van der Waals surface area contributed by atoms with Crippen molar-refractivity contribution in [2.75, 3.05) is 0 Å². The lowest BCUT2D eigenvalue weighted by molar-refractivity contribution is 0.883. The molecule has 1 aromatic rings. The minimum atomic E-state index is 0. The lowest BCUT2D eigenvalue weighted by atomic mass is 10.2. The molecule has 0 fully saturated rings. The highest BCUT2D eigenvalue weighted by atomic mass is 14.7. The van der Waals surface area contributed by atoms with E-state index in [-0.39, 0.29) is 8.41 Å². The predicted molar refractivity (Wildman–Crippen MR) is 48.2 cm³/mol. The van der Waals surface area contributed by atoms with Gasteiger partial charge in [-0.15, -0.1) is 0 Å². The van der Waals surface area contributed by atoms with Crippen molar-refractivity contribution in [3.8, 4) is 0 Å². The van der Waals surface area contributed by atoms with Crippen LogP contribution >= 0.6 is 0 Å². The van der Waals surface area contributed by atoms with Gasteiger partial charge in [-0.05, 0) is 18.6 Å². The van der Waals surface area contributed by atoms with Gasteiger partial charge < -0.3 is 0 Å². The molecule has 0 aromatic carbocycles. The molecule has 0 aliphatic heterocycles. The van der Waals surface area contributed by atoms with E-state index in [9.17, 15) is 0 Å². The van der Waals surface area contributed by atoms with Gasteiger partial charge in [0.2, 0.25) is 0 Å². The molecule has 1 rings (SSSR count). The summed E-state index contributed by atoms with van der Waals surface area (Å²) in [5.74, 6) is 0. The third kappa shape index (κ3) is 2.67. The van der Waals surface area contributed by atoms with Crippen molar-refractivity contribution in [3.05, 3.63) is 30.1 Å². The Morgan fingerprint density at radius 3 is 2.70 bits per heavy atom. The van der Waals surface area contributed by atoms with Gasteiger partial charge >= 0.3 is 0 Å². The summed E-state index contributed by atoms with van der Waals surface area (Å²) in [4.78, 5) is 4.17. The first-order valence-electron chi connectivity index (χ1n) is 3.33. The van der Waals surface area contributed by atoms with Gasteiger partial charge in [0.05, 0.1) is 8.41 Å². The summed E-state index contributed by atoms with van der Waals surface area (Å²) in [5.41, 5.74) is 1.19. The zero-order valence-electron chi connectivity index (χ0n) is 5.67. The maximum atomic E-state index is 4.17. The molecule has 1 nitrogen and oxygen atoms in total. The maximum absolute atomic E-state index is 4.17. The van der Waals surface area contributed by atoms with Crippen molar-refractivity contribution in [2.45, 2.75) is 19.8 Å². The Kier molecular flexibility index (Phi) is 4.64. The molecule has 0 aliphatic carbocycles. The summed E-state index contributed by atoms with van der Waals surface area (Å²) in [6.45, 7) is 2.16. The number of aryl methyl sites for hydroxylation is 1. The minimum Gasteiger partial charge on any atom is -0.261 e. The first-order valence-corrected chi connectivity index (χ1v) is 3.33. The summed E-state index contributed by atoms with van der Waals surface area (Å²) in [6.07, 6.45) is 4.11. The Morgan fingerprint density at radius 1 is 1.40 bits per heavy atom. The molecule has 0 amide bonds. The maximum Gasteiger partial charge on any atom is 0.0814 e. The minimum absolute atomic E-state index is 0. The largest absolute Gasteiger partial charge is 0.261 e. The highest BCUT2D eigenvalue weighted by Gasteiger charge is 1.86. The Balaban J connectivity index is 0.000000810. The van der Waals surface area contributed by atoms with Crippen LogP contribution in [-0.4, -0.2) is 13.4 Å². The van der Waals surface area contributed by atoms with Crippen LogP contribution in [0.4, 0.5) is 0 Å². The summed E-state index contributed by atoms with van der Waals surface area (Å²) in [5, 5.41) is 0. The summed E-state index contributed by atoms with van der Waals surface area (Å²) < 4.78 is 0. The smallest absolute Gasteiger partial charge is 0.0814 e. The van der Waals surface area contributed by atoms with E-state index in [1.54, 1.807) is 0 Å². The van der Waals surface area contributed by atoms with E-state index in [1.807, 2.05) is 18.3 Å². The molecule has 0 unspecified atom stereocenters. The van der Waals surface area contributed by atoms with Gasteiger partial charge in [-0.1, -0.05) is 19.4 Å². The summed E-state index contributed by atoms with van der Waals surface area (Å²) >= 11 is 0. The predicted octanol–water partition coefficient (Wildman–Crippen LogP) is 0.850. The second kappa shape index (κ2) is 5.04. The highest BCUT2D eigenvalue weighted by Crippen LogP contribution is 1.95. The van der Waals surface area contributed by atoms with Crippen molar-refractivity contribution < 1.29 is 0 Å². The topological polar surface area (TPSA) is 12.9 Å². The Morgan fingerprint density at radius 2 is 2.20 bits per heavy atom. The quantitative estimate of drug-likeness (QED) is 0.548. The van der Waals surface area contributed by atoms with Crippen LogP contribution in [0, 0.1) is 0 Å². The number of hydrogen-bond donors (Lipinski definition) is 0. The first-order chi connectivity index (χ1) is 4.43. The molecule has 2 heteroatoms. The van der Waals surface area contributed by atoms with Crippen molar-refractivity contribution >= 4 is 8.41 Å². The fourth-order valence-electron chi connectivity index (χ4n) is 0.802. The van der Waals surface area contributed by atoms with Gasteiger partial charge in [0.1, 0.15) is 0 Å². The molecule has 54 valence electrons. The van der Waals surface area contributed by atoms with Gasteiger partial charge in [0.25, 0.3) is 0 Å². The first kappa shape index (κ1) is 9.21. The van der Waals surface area contributed by atoms with Crippen LogP contribution < -0.4 is 0 Å². The second-order valence-corrected chi connectivity index (χ2v) is 2.07. The molecule has 0 atom stereocenters. The standard InChI is InChI=1S/C8H11N.BH3/c1-2-5-8-6-3-4-7-9-8;/h3-4,6-7H,2,5H2,1H3;1H3. The lowest BCUT2D eigenvalue weighted by Gasteiger charge is -1.92. The molecular formula is C8H14BN. The van der Waals surface area contributed by atoms with Crippen molar-refractivity contribution in [1.82, 2.24) is 4.98 Å². The Hall–Kier alpha value is -0.785.